The number of rotatable bonds is 10. The first-order valence-corrected chi connectivity index (χ1v) is 10.4. The van der Waals surface area contributed by atoms with E-state index in [1.54, 1.807) is 60.7 Å². The summed E-state index contributed by atoms with van der Waals surface area (Å²) in [4.78, 5) is 20.6. The van der Waals surface area contributed by atoms with Crippen molar-refractivity contribution in [1.82, 2.24) is 0 Å². The van der Waals surface area contributed by atoms with Crippen molar-refractivity contribution in [3.05, 3.63) is 110 Å². The van der Waals surface area contributed by atoms with Crippen LogP contribution >= 0.6 is 7.82 Å². The van der Waals surface area contributed by atoms with Crippen molar-refractivity contribution in [2.45, 2.75) is 13.2 Å². The molecule has 3 aromatic rings. The van der Waals surface area contributed by atoms with Crippen molar-refractivity contribution in [3.8, 4) is 5.75 Å². The lowest BCUT2D eigenvalue weighted by Crippen LogP contribution is -2.05. The Bertz CT molecular complexity index is 1060. The molecule has 11 heteroatoms. The third kappa shape index (κ3) is 6.19. The van der Waals surface area contributed by atoms with Crippen LogP contribution in [0.25, 0.3) is 0 Å². The van der Waals surface area contributed by atoms with E-state index in [4.69, 9.17) is 13.6 Å². The Labute approximate surface area is 176 Å². The molecule has 0 fully saturated rings. The fraction of sp³-hybridized carbons (Fsp3) is 0.100. The van der Waals surface area contributed by atoms with Gasteiger partial charge in [0.05, 0.1) is 29.1 Å². The van der Waals surface area contributed by atoms with Gasteiger partial charge in [-0.2, -0.15) is 0 Å². The lowest BCUT2D eigenvalue weighted by atomic mass is 10.2. The molecule has 0 aliphatic heterocycles. The van der Waals surface area contributed by atoms with Gasteiger partial charge in [0.2, 0.25) is 5.75 Å². The Kier molecular flexibility index (Phi) is 7.09. The molecule has 0 saturated heterocycles. The molecule has 0 radical (unpaired) electrons. The molecule has 0 N–H and O–H groups in total. The number of hydrogen-bond donors (Lipinski definition) is 0. The molecule has 0 bridgehead atoms. The summed E-state index contributed by atoms with van der Waals surface area (Å²) in [6.07, 6.45) is 0. The van der Waals surface area contributed by atoms with Crippen molar-refractivity contribution in [2.75, 3.05) is 0 Å². The molecule has 0 heterocycles. The van der Waals surface area contributed by atoms with Gasteiger partial charge in [-0.25, -0.2) is 4.57 Å². The fourth-order valence-electron chi connectivity index (χ4n) is 2.51. The standard InChI is InChI=1S/C20H17N2O8P/c23-21(24)18-11-12-20(19(13-18)22(25)26)30-31(27,28-14-16-7-3-1-4-8-16)29-15-17-9-5-2-6-10-17/h1-13H,14-15H2. The molecule has 0 amide bonds. The van der Waals surface area contributed by atoms with Crippen molar-refractivity contribution in [2.24, 2.45) is 0 Å². The molecule has 0 aliphatic rings. The zero-order chi connectivity index (χ0) is 22.3. The average Bonchev–Trinajstić information content (AvgIpc) is 2.78. The zero-order valence-corrected chi connectivity index (χ0v) is 16.9. The zero-order valence-electron chi connectivity index (χ0n) is 16.0. The highest BCUT2D eigenvalue weighted by Crippen LogP contribution is 2.53. The van der Waals surface area contributed by atoms with Gasteiger partial charge in [0.15, 0.2) is 0 Å². The first-order chi connectivity index (χ1) is 14.9. The van der Waals surface area contributed by atoms with Crippen LogP contribution in [0.1, 0.15) is 11.1 Å². The van der Waals surface area contributed by atoms with Gasteiger partial charge in [-0.05, 0) is 17.2 Å². The van der Waals surface area contributed by atoms with Crippen LogP contribution in [0.5, 0.6) is 5.75 Å². The summed E-state index contributed by atoms with van der Waals surface area (Å²) in [6, 6.07) is 20.3. The Balaban J connectivity index is 1.87. The average molecular weight is 444 g/mol. The first-order valence-electron chi connectivity index (χ1n) is 8.96. The van der Waals surface area contributed by atoms with E-state index < -0.39 is 34.8 Å². The van der Waals surface area contributed by atoms with E-state index in [-0.39, 0.29) is 13.2 Å². The summed E-state index contributed by atoms with van der Waals surface area (Å²) in [6.45, 7) is -0.290. The third-order valence-electron chi connectivity index (χ3n) is 4.02. The van der Waals surface area contributed by atoms with Gasteiger partial charge in [0.1, 0.15) is 0 Å². The van der Waals surface area contributed by atoms with Crippen molar-refractivity contribution < 1.29 is 28.0 Å². The summed E-state index contributed by atoms with van der Waals surface area (Å²) in [5.41, 5.74) is 0.103. The fourth-order valence-corrected chi connectivity index (χ4v) is 3.69. The summed E-state index contributed by atoms with van der Waals surface area (Å²) in [5, 5.41) is 22.3. The van der Waals surface area contributed by atoms with Gasteiger partial charge in [0, 0.05) is 6.07 Å². The number of non-ortho nitro benzene ring substituents is 1. The summed E-state index contributed by atoms with van der Waals surface area (Å²) in [5.74, 6) is -0.472. The number of phosphoric ester groups is 1. The van der Waals surface area contributed by atoms with Crippen LogP contribution in [-0.2, 0) is 26.8 Å². The summed E-state index contributed by atoms with van der Waals surface area (Å²) >= 11 is 0. The molecule has 0 saturated carbocycles. The van der Waals surface area contributed by atoms with E-state index >= 15 is 0 Å². The molecule has 3 aromatic carbocycles. The van der Waals surface area contributed by atoms with Gasteiger partial charge in [-0.3, -0.25) is 29.3 Å². The summed E-state index contributed by atoms with van der Waals surface area (Å²) in [7, 11) is -4.35. The topological polar surface area (TPSA) is 131 Å². The second-order valence-electron chi connectivity index (χ2n) is 6.22. The minimum Gasteiger partial charge on any atom is -0.397 e. The Morgan fingerprint density at radius 2 is 1.26 bits per heavy atom. The molecule has 160 valence electrons. The van der Waals surface area contributed by atoms with E-state index in [9.17, 15) is 24.8 Å². The number of phosphoric acid groups is 1. The van der Waals surface area contributed by atoms with Crippen LogP contribution in [-0.4, -0.2) is 9.85 Å². The van der Waals surface area contributed by atoms with Crippen LogP contribution in [0.3, 0.4) is 0 Å². The van der Waals surface area contributed by atoms with E-state index in [2.05, 4.69) is 0 Å². The smallest absolute Gasteiger partial charge is 0.397 e. The number of nitro groups is 2. The maximum atomic E-state index is 13.3. The van der Waals surface area contributed by atoms with Crippen LogP contribution in [0.2, 0.25) is 0 Å². The van der Waals surface area contributed by atoms with E-state index in [1.165, 1.54) is 0 Å². The predicted octanol–water partition coefficient (Wildman–Crippen LogP) is 5.42. The Morgan fingerprint density at radius 1 is 0.742 bits per heavy atom. The number of benzene rings is 3. The van der Waals surface area contributed by atoms with E-state index in [1.807, 2.05) is 0 Å². The molecule has 0 aromatic heterocycles. The van der Waals surface area contributed by atoms with Crippen LogP contribution in [0.15, 0.2) is 78.9 Å². The van der Waals surface area contributed by atoms with Gasteiger partial charge in [0.25, 0.3) is 5.69 Å². The molecular weight excluding hydrogens is 427 g/mol. The number of nitrogens with zero attached hydrogens (tertiary/aromatic N) is 2. The largest absolute Gasteiger partial charge is 0.530 e. The predicted molar refractivity (Wildman–Crippen MR) is 110 cm³/mol. The lowest BCUT2D eigenvalue weighted by Gasteiger charge is -2.18. The molecular formula is C20H17N2O8P. The lowest BCUT2D eigenvalue weighted by molar-refractivity contribution is -0.394. The summed E-state index contributed by atoms with van der Waals surface area (Å²) < 4.78 is 29.4. The maximum absolute atomic E-state index is 13.3. The van der Waals surface area contributed by atoms with E-state index in [0.29, 0.717) is 17.2 Å². The monoisotopic (exact) mass is 444 g/mol. The van der Waals surface area contributed by atoms with Gasteiger partial charge < -0.3 is 4.52 Å². The first kappa shape index (κ1) is 22.1. The third-order valence-corrected chi connectivity index (χ3v) is 5.34. The van der Waals surface area contributed by atoms with Gasteiger partial charge >= 0.3 is 13.5 Å². The van der Waals surface area contributed by atoms with Crippen molar-refractivity contribution in [1.29, 1.82) is 0 Å². The molecule has 10 nitrogen and oxygen atoms in total. The normalized spacial score (nSPS) is 11.1. The maximum Gasteiger partial charge on any atom is 0.530 e. The van der Waals surface area contributed by atoms with Gasteiger partial charge in [-0.1, -0.05) is 60.7 Å². The van der Waals surface area contributed by atoms with Crippen LogP contribution in [0.4, 0.5) is 11.4 Å². The minimum atomic E-state index is -4.35. The molecule has 0 unspecified atom stereocenters. The highest BCUT2D eigenvalue weighted by Gasteiger charge is 2.33. The Hall–Kier alpha value is -3.59. The second-order valence-corrected chi connectivity index (χ2v) is 7.82. The Morgan fingerprint density at radius 3 is 1.71 bits per heavy atom. The quantitative estimate of drug-likeness (QED) is 0.230. The highest BCUT2D eigenvalue weighted by atomic mass is 31.2. The van der Waals surface area contributed by atoms with Crippen LogP contribution in [0, 0.1) is 20.2 Å². The van der Waals surface area contributed by atoms with Crippen molar-refractivity contribution in [3.63, 3.8) is 0 Å². The molecule has 0 aliphatic carbocycles. The molecule has 31 heavy (non-hydrogen) atoms. The SMILES string of the molecule is O=[N+]([O-])c1ccc(OP(=O)(OCc2ccccc2)OCc2ccccc2)c([N+](=O)[O-])c1. The van der Waals surface area contributed by atoms with Gasteiger partial charge in [-0.15, -0.1) is 0 Å². The molecule has 0 atom stereocenters. The number of nitro benzene ring substituents is 2. The molecule has 3 rings (SSSR count). The highest BCUT2D eigenvalue weighted by molar-refractivity contribution is 7.48. The van der Waals surface area contributed by atoms with Crippen LogP contribution < -0.4 is 4.52 Å². The van der Waals surface area contributed by atoms with E-state index in [0.717, 1.165) is 12.1 Å². The number of hydrogen-bond acceptors (Lipinski definition) is 8. The van der Waals surface area contributed by atoms with Crippen molar-refractivity contribution >= 4 is 19.2 Å². The molecule has 0 spiro atoms. The minimum absolute atomic E-state index is 0.145. The second kappa shape index (κ2) is 9.94.